The Morgan fingerprint density at radius 2 is 2.03 bits per heavy atom. The van der Waals surface area contributed by atoms with E-state index in [1.165, 1.54) is 21.6 Å². The Balaban J connectivity index is 1.41. The van der Waals surface area contributed by atoms with Crippen LogP contribution in [0, 0.1) is 0 Å². The molecule has 0 amide bonds. The highest BCUT2D eigenvalue weighted by molar-refractivity contribution is 7.15. The standard InChI is InChI=1S/C24H27N5S/c1-2-3-11-27-23(26)19-6-4-17(5-7-19)13-22-15-28-24(30-22)29-12-10-18-8-9-21(25)14-20(18)16-29/h3-9,11,14-15H,2,10,12-13,16,25H2,1H3,(H2,26,27)/b11-3-. The van der Waals surface area contributed by atoms with Crippen molar-refractivity contribution in [3.8, 4) is 0 Å². The molecule has 30 heavy (non-hydrogen) atoms. The van der Waals surface area contributed by atoms with E-state index in [-0.39, 0.29) is 0 Å². The highest BCUT2D eigenvalue weighted by Gasteiger charge is 2.19. The Morgan fingerprint density at radius 1 is 1.20 bits per heavy atom. The second kappa shape index (κ2) is 9.13. The van der Waals surface area contributed by atoms with Gasteiger partial charge in [0.25, 0.3) is 0 Å². The molecule has 0 aliphatic carbocycles. The van der Waals surface area contributed by atoms with Gasteiger partial charge in [0.15, 0.2) is 5.13 Å². The number of fused-ring (bicyclic) bond motifs is 1. The minimum atomic E-state index is 0.539. The molecule has 0 saturated heterocycles. The van der Waals surface area contributed by atoms with Gasteiger partial charge in [-0.25, -0.2) is 9.98 Å². The molecule has 2 heterocycles. The van der Waals surface area contributed by atoms with Crippen LogP contribution in [0.25, 0.3) is 0 Å². The number of allylic oxidation sites excluding steroid dienone is 1. The van der Waals surface area contributed by atoms with Gasteiger partial charge in [-0.15, -0.1) is 11.3 Å². The second-order valence-corrected chi connectivity index (χ2v) is 8.58. The molecule has 5 nitrogen and oxygen atoms in total. The lowest BCUT2D eigenvalue weighted by atomic mass is 9.99. The average Bonchev–Trinajstić information content (AvgIpc) is 3.22. The third kappa shape index (κ3) is 4.71. The molecular formula is C24H27N5S. The Kier molecular flexibility index (Phi) is 6.14. The summed E-state index contributed by atoms with van der Waals surface area (Å²) in [5, 5.41) is 1.08. The first kappa shape index (κ1) is 20.2. The van der Waals surface area contributed by atoms with Crippen molar-refractivity contribution >= 4 is 28.0 Å². The third-order valence-corrected chi connectivity index (χ3v) is 6.30. The molecule has 2 aromatic carbocycles. The summed E-state index contributed by atoms with van der Waals surface area (Å²) < 4.78 is 0. The maximum atomic E-state index is 6.05. The molecule has 1 aliphatic rings. The van der Waals surface area contributed by atoms with Gasteiger partial charge in [0, 0.05) is 48.0 Å². The molecule has 0 saturated carbocycles. The number of thiazole rings is 1. The normalized spacial score (nSPS) is 14.3. The number of anilines is 2. The van der Waals surface area contributed by atoms with Gasteiger partial charge in [-0.1, -0.05) is 43.3 Å². The van der Waals surface area contributed by atoms with Crippen molar-refractivity contribution in [1.82, 2.24) is 4.98 Å². The molecule has 6 heteroatoms. The maximum Gasteiger partial charge on any atom is 0.185 e. The SMILES string of the molecule is CC/C=C\N=C(N)c1ccc(Cc2cnc(N3CCc4ccc(N)cc4C3)s2)cc1. The molecule has 1 aromatic heterocycles. The Labute approximate surface area is 181 Å². The summed E-state index contributed by atoms with van der Waals surface area (Å²) in [6.07, 6.45) is 8.58. The van der Waals surface area contributed by atoms with Gasteiger partial charge in [0.05, 0.1) is 0 Å². The van der Waals surface area contributed by atoms with Crippen LogP contribution in [-0.2, 0) is 19.4 Å². The van der Waals surface area contributed by atoms with Crippen molar-refractivity contribution in [3.63, 3.8) is 0 Å². The summed E-state index contributed by atoms with van der Waals surface area (Å²) in [6.45, 7) is 3.93. The van der Waals surface area contributed by atoms with Crippen molar-refractivity contribution in [1.29, 1.82) is 0 Å². The topological polar surface area (TPSA) is 80.5 Å². The molecule has 0 atom stereocenters. The van der Waals surface area contributed by atoms with Crippen LogP contribution in [0.4, 0.5) is 10.8 Å². The maximum absolute atomic E-state index is 6.05. The molecule has 0 bridgehead atoms. The highest BCUT2D eigenvalue weighted by Crippen LogP contribution is 2.30. The molecule has 4 N–H and O–H groups in total. The molecule has 0 radical (unpaired) electrons. The van der Waals surface area contributed by atoms with Gasteiger partial charge in [-0.2, -0.15) is 0 Å². The van der Waals surface area contributed by atoms with Crippen molar-refractivity contribution in [2.24, 2.45) is 10.7 Å². The van der Waals surface area contributed by atoms with Crippen LogP contribution < -0.4 is 16.4 Å². The molecule has 0 fully saturated rings. The van der Waals surface area contributed by atoms with Gasteiger partial charge in [0.1, 0.15) is 5.84 Å². The van der Waals surface area contributed by atoms with Crippen LogP contribution in [0.15, 0.2) is 65.9 Å². The zero-order valence-corrected chi connectivity index (χ0v) is 18.0. The number of nitrogens with zero attached hydrogens (tertiary/aromatic N) is 3. The minimum absolute atomic E-state index is 0.539. The summed E-state index contributed by atoms with van der Waals surface area (Å²) in [7, 11) is 0. The summed E-state index contributed by atoms with van der Waals surface area (Å²) in [5.74, 6) is 0.539. The lowest BCUT2D eigenvalue weighted by Gasteiger charge is -2.28. The quantitative estimate of drug-likeness (QED) is 0.351. The van der Waals surface area contributed by atoms with Crippen LogP contribution in [0.5, 0.6) is 0 Å². The number of aromatic nitrogens is 1. The van der Waals surface area contributed by atoms with Gasteiger partial charge >= 0.3 is 0 Å². The van der Waals surface area contributed by atoms with Gasteiger partial charge < -0.3 is 16.4 Å². The fraction of sp³-hybridized carbons (Fsp3) is 0.250. The Bertz CT molecular complexity index is 1070. The highest BCUT2D eigenvalue weighted by atomic mass is 32.1. The van der Waals surface area contributed by atoms with E-state index in [1.54, 1.807) is 17.5 Å². The number of amidine groups is 1. The molecule has 4 rings (SSSR count). The van der Waals surface area contributed by atoms with Crippen LogP contribution in [-0.4, -0.2) is 17.4 Å². The number of rotatable bonds is 6. The second-order valence-electron chi connectivity index (χ2n) is 7.49. The third-order valence-electron chi connectivity index (χ3n) is 5.24. The van der Waals surface area contributed by atoms with E-state index >= 15 is 0 Å². The Morgan fingerprint density at radius 3 is 2.83 bits per heavy atom. The lowest BCUT2D eigenvalue weighted by molar-refractivity contribution is 0.729. The predicted molar refractivity (Wildman–Crippen MR) is 127 cm³/mol. The first-order valence-corrected chi connectivity index (χ1v) is 11.1. The number of nitrogens with two attached hydrogens (primary N) is 2. The van der Waals surface area contributed by atoms with Crippen LogP contribution in [0.2, 0.25) is 0 Å². The van der Waals surface area contributed by atoms with E-state index in [9.17, 15) is 0 Å². The van der Waals surface area contributed by atoms with Crippen molar-refractivity contribution in [3.05, 3.63) is 88.1 Å². The summed E-state index contributed by atoms with van der Waals surface area (Å²) in [6, 6.07) is 14.5. The first-order chi connectivity index (χ1) is 14.6. The van der Waals surface area contributed by atoms with Gasteiger partial charge in [0.2, 0.25) is 0 Å². The summed E-state index contributed by atoms with van der Waals surface area (Å²) >= 11 is 1.76. The van der Waals surface area contributed by atoms with E-state index in [2.05, 4.69) is 46.1 Å². The average molecular weight is 418 g/mol. The lowest BCUT2D eigenvalue weighted by Crippen LogP contribution is -2.30. The van der Waals surface area contributed by atoms with E-state index in [1.807, 2.05) is 30.5 Å². The van der Waals surface area contributed by atoms with E-state index < -0.39 is 0 Å². The van der Waals surface area contributed by atoms with Gasteiger partial charge in [-0.05, 0) is 41.7 Å². The molecule has 1 aliphatic heterocycles. The van der Waals surface area contributed by atoms with E-state index in [4.69, 9.17) is 11.5 Å². The number of hydrogen-bond acceptors (Lipinski definition) is 5. The molecular weight excluding hydrogens is 390 g/mol. The molecule has 0 spiro atoms. The first-order valence-electron chi connectivity index (χ1n) is 10.3. The van der Waals surface area contributed by atoms with E-state index in [0.717, 1.165) is 48.7 Å². The number of benzene rings is 2. The zero-order valence-electron chi connectivity index (χ0n) is 17.2. The van der Waals surface area contributed by atoms with Crippen LogP contribution in [0.3, 0.4) is 0 Å². The number of nitrogen functional groups attached to an aromatic ring is 1. The predicted octanol–water partition coefficient (Wildman–Crippen LogP) is 4.51. The zero-order chi connectivity index (χ0) is 20.9. The van der Waals surface area contributed by atoms with Crippen molar-refractivity contribution in [2.45, 2.75) is 32.7 Å². The monoisotopic (exact) mass is 417 g/mol. The molecule has 3 aromatic rings. The summed E-state index contributed by atoms with van der Waals surface area (Å²) in [5.41, 5.74) is 17.7. The van der Waals surface area contributed by atoms with Crippen LogP contribution >= 0.6 is 11.3 Å². The van der Waals surface area contributed by atoms with Crippen molar-refractivity contribution < 1.29 is 0 Å². The number of aliphatic imine (C=N–C) groups is 1. The molecule has 0 unspecified atom stereocenters. The Hall–Kier alpha value is -3.12. The minimum Gasteiger partial charge on any atom is -0.399 e. The van der Waals surface area contributed by atoms with Gasteiger partial charge in [-0.3, -0.25) is 0 Å². The van der Waals surface area contributed by atoms with Crippen molar-refractivity contribution in [2.75, 3.05) is 17.2 Å². The fourth-order valence-electron chi connectivity index (χ4n) is 3.57. The number of hydrogen-bond donors (Lipinski definition) is 2. The largest absolute Gasteiger partial charge is 0.399 e. The fourth-order valence-corrected chi connectivity index (χ4v) is 4.54. The van der Waals surface area contributed by atoms with Crippen LogP contribution in [0.1, 0.15) is 40.5 Å². The summed E-state index contributed by atoms with van der Waals surface area (Å²) in [4.78, 5) is 12.6. The smallest absolute Gasteiger partial charge is 0.185 e. The molecule has 154 valence electrons. The van der Waals surface area contributed by atoms with E-state index in [0.29, 0.717) is 5.84 Å².